The van der Waals surface area contributed by atoms with Gasteiger partial charge in [-0.15, -0.1) is 0 Å². The van der Waals surface area contributed by atoms with Crippen LogP contribution in [0, 0.1) is 10.1 Å². The monoisotopic (exact) mass is 419 g/mol. The van der Waals surface area contributed by atoms with Gasteiger partial charge in [0, 0.05) is 24.1 Å². The highest BCUT2D eigenvalue weighted by Gasteiger charge is 2.17. The molecule has 0 bridgehead atoms. The number of ether oxygens (including phenoxy) is 1. The molecule has 170 valence electrons. The molecule has 0 saturated carbocycles. The molecular weight excluding hydrogens is 376 g/mol. The fourth-order valence-electron chi connectivity index (χ4n) is 3.87. The first-order chi connectivity index (χ1) is 14.3. The summed E-state index contributed by atoms with van der Waals surface area (Å²) in [5.41, 5.74) is 2.06. The molecule has 30 heavy (non-hydrogen) atoms. The van der Waals surface area contributed by atoms with Gasteiger partial charge >= 0.3 is 0 Å². The Labute approximate surface area is 183 Å². The lowest BCUT2D eigenvalue weighted by Crippen LogP contribution is -2.39. The maximum atomic E-state index is 11.0. The van der Waals surface area contributed by atoms with E-state index in [4.69, 9.17) is 4.74 Å². The summed E-state index contributed by atoms with van der Waals surface area (Å²) in [7, 11) is 6.12. The summed E-state index contributed by atoms with van der Waals surface area (Å²) in [4.78, 5) is 10.6. The van der Waals surface area contributed by atoms with Crippen LogP contribution < -0.4 is 4.74 Å². The maximum absolute atomic E-state index is 11.0. The molecule has 1 aromatic carbocycles. The molecule has 1 rings (SSSR count). The first kappa shape index (κ1) is 26.2. The van der Waals surface area contributed by atoms with E-state index in [1.54, 1.807) is 13.2 Å². The van der Waals surface area contributed by atoms with Gasteiger partial charge in [-0.05, 0) is 31.0 Å². The molecule has 0 aromatic heterocycles. The second kappa shape index (κ2) is 14.2. The van der Waals surface area contributed by atoms with Crippen molar-refractivity contribution in [2.24, 2.45) is 0 Å². The van der Waals surface area contributed by atoms with E-state index < -0.39 is 0 Å². The summed E-state index contributed by atoms with van der Waals surface area (Å²) in [6.07, 6.45) is 15.1. The van der Waals surface area contributed by atoms with Crippen LogP contribution in [0.15, 0.2) is 23.9 Å². The third kappa shape index (κ3) is 10.8. The Bertz CT molecular complexity index is 668. The average molecular weight is 420 g/mol. The van der Waals surface area contributed by atoms with Gasteiger partial charge in [0.25, 0.3) is 0 Å². The molecule has 0 amide bonds. The molecule has 5 nitrogen and oxygen atoms in total. The summed E-state index contributed by atoms with van der Waals surface area (Å²) < 4.78 is 6.30. The number of hydrogen-bond acceptors (Lipinski definition) is 3. The minimum Gasteiger partial charge on any atom is -0.496 e. The van der Waals surface area contributed by atoms with Crippen molar-refractivity contribution in [2.75, 3.05) is 27.7 Å². The topological polar surface area (TPSA) is 52.4 Å². The molecule has 0 aliphatic heterocycles. The molecule has 0 atom stereocenters. The van der Waals surface area contributed by atoms with Gasteiger partial charge in [-0.25, -0.2) is 0 Å². The first-order valence-corrected chi connectivity index (χ1v) is 11.6. The van der Waals surface area contributed by atoms with Crippen molar-refractivity contribution in [1.29, 1.82) is 0 Å². The van der Waals surface area contributed by atoms with E-state index in [9.17, 15) is 10.1 Å². The van der Waals surface area contributed by atoms with Crippen molar-refractivity contribution in [1.82, 2.24) is 0 Å². The number of nitrogens with zero attached hydrogens (tertiary/aromatic N) is 2. The molecule has 0 fully saturated rings. The van der Waals surface area contributed by atoms with Crippen LogP contribution in [0.2, 0.25) is 0 Å². The Morgan fingerprint density at radius 3 is 2.13 bits per heavy atom. The fraction of sp³-hybridized carbons (Fsp3) is 0.680. The zero-order chi connectivity index (χ0) is 22.4. The highest BCUT2D eigenvalue weighted by atomic mass is 16.6. The van der Waals surface area contributed by atoms with Crippen LogP contribution in [0.5, 0.6) is 5.75 Å². The average Bonchev–Trinajstić information content (AvgIpc) is 2.69. The number of rotatable bonds is 16. The Morgan fingerprint density at radius 1 is 1.03 bits per heavy atom. The van der Waals surface area contributed by atoms with Gasteiger partial charge in [0.15, 0.2) is 0 Å². The van der Waals surface area contributed by atoms with E-state index >= 15 is 0 Å². The third-order valence-electron chi connectivity index (χ3n) is 5.67. The minimum atomic E-state index is -0.364. The van der Waals surface area contributed by atoms with Gasteiger partial charge in [0.05, 0.1) is 32.7 Å². The standard InChI is InChI=1S/C25H43N2O3/c1-6-7-8-9-10-11-12-13-14-15-18-27(3,4)21-23-16-17-25(30-5)24(20-23)19-22(2)26(28)29/h16-17,19-20H,6-15,18,21H2,1-5H3/q+1/b22-19+. The normalized spacial score (nSPS) is 12.2. The van der Waals surface area contributed by atoms with Gasteiger partial charge in [-0.2, -0.15) is 0 Å². The molecule has 5 heteroatoms. The van der Waals surface area contributed by atoms with Gasteiger partial charge < -0.3 is 9.22 Å². The van der Waals surface area contributed by atoms with Gasteiger partial charge in [0.2, 0.25) is 5.70 Å². The molecule has 0 aliphatic carbocycles. The van der Waals surface area contributed by atoms with Crippen LogP contribution in [0.4, 0.5) is 0 Å². The summed E-state index contributed by atoms with van der Waals surface area (Å²) >= 11 is 0. The Balaban J connectivity index is 2.46. The smallest absolute Gasteiger partial charge is 0.243 e. The van der Waals surface area contributed by atoms with Crippen molar-refractivity contribution < 1.29 is 14.1 Å². The molecule has 1 aromatic rings. The lowest BCUT2D eigenvalue weighted by molar-refractivity contribution is -0.903. The molecule has 0 heterocycles. The lowest BCUT2D eigenvalue weighted by atomic mass is 10.1. The summed E-state index contributed by atoms with van der Waals surface area (Å²) in [5.74, 6) is 0.667. The summed E-state index contributed by atoms with van der Waals surface area (Å²) in [6.45, 7) is 5.82. The van der Waals surface area contributed by atoms with Crippen LogP contribution in [0.1, 0.15) is 89.2 Å². The molecule has 0 N–H and O–H groups in total. The quantitative estimate of drug-likeness (QED) is 0.128. The number of methoxy groups -OCH3 is 1. The Hall–Kier alpha value is -1.88. The maximum Gasteiger partial charge on any atom is 0.243 e. The van der Waals surface area contributed by atoms with Crippen molar-refractivity contribution in [3.05, 3.63) is 45.1 Å². The number of allylic oxidation sites excluding steroid dienone is 1. The predicted molar refractivity (Wildman–Crippen MR) is 126 cm³/mol. The molecular formula is C25H43N2O3+. The fourth-order valence-corrected chi connectivity index (χ4v) is 3.87. The molecule has 0 radical (unpaired) electrons. The van der Waals surface area contributed by atoms with Crippen molar-refractivity contribution in [2.45, 2.75) is 84.6 Å². The molecule has 0 spiro atoms. The number of benzene rings is 1. The zero-order valence-corrected chi connectivity index (χ0v) is 19.9. The van der Waals surface area contributed by atoms with Gasteiger partial charge in [-0.3, -0.25) is 10.1 Å². The minimum absolute atomic E-state index is 0.115. The molecule has 0 saturated heterocycles. The van der Waals surface area contributed by atoms with E-state index in [2.05, 4.69) is 27.1 Å². The van der Waals surface area contributed by atoms with Crippen LogP contribution in [0.25, 0.3) is 6.08 Å². The summed E-state index contributed by atoms with van der Waals surface area (Å²) in [5, 5.41) is 11.0. The van der Waals surface area contributed by atoms with Crippen molar-refractivity contribution >= 4 is 6.08 Å². The lowest BCUT2D eigenvalue weighted by Gasteiger charge is -2.30. The number of hydrogen-bond donors (Lipinski definition) is 0. The van der Waals surface area contributed by atoms with Crippen molar-refractivity contribution in [3.63, 3.8) is 0 Å². The summed E-state index contributed by atoms with van der Waals surface area (Å²) in [6, 6.07) is 6.00. The van der Waals surface area contributed by atoms with Crippen LogP contribution in [-0.4, -0.2) is 37.2 Å². The van der Waals surface area contributed by atoms with Crippen molar-refractivity contribution in [3.8, 4) is 5.75 Å². The largest absolute Gasteiger partial charge is 0.496 e. The molecule has 0 aliphatic rings. The number of quaternary nitrogens is 1. The second-order valence-electron chi connectivity index (χ2n) is 9.12. The first-order valence-electron chi connectivity index (χ1n) is 11.6. The highest BCUT2D eigenvalue weighted by Crippen LogP contribution is 2.24. The van der Waals surface area contributed by atoms with E-state index in [1.165, 1.54) is 76.7 Å². The van der Waals surface area contributed by atoms with Gasteiger partial charge in [-0.1, -0.05) is 58.3 Å². The van der Waals surface area contributed by atoms with Crippen LogP contribution >= 0.6 is 0 Å². The number of unbranched alkanes of at least 4 members (excludes halogenated alkanes) is 9. The Morgan fingerprint density at radius 2 is 1.60 bits per heavy atom. The SMILES string of the molecule is CCCCCCCCCCCC[N+](C)(C)Cc1ccc(OC)c(/C=C(\C)[N+](=O)[O-])c1. The highest BCUT2D eigenvalue weighted by molar-refractivity contribution is 5.59. The third-order valence-corrected chi connectivity index (χ3v) is 5.67. The van der Waals surface area contributed by atoms with E-state index in [0.717, 1.165) is 23.1 Å². The molecule has 0 unspecified atom stereocenters. The van der Waals surface area contributed by atoms with E-state index in [-0.39, 0.29) is 10.6 Å². The predicted octanol–water partition coefficient (Wildman–Crippen LogP) is 6.83. The number of nitro groups is 1. The second-order valence-corrected chi connectivity index (χ2v) is 9.12. The zero-order valence-electron chi connectivity index (χ0n) is 19.9. The van der Waals surface area contributed by atoms with Crippen LogP contribution in [-0.2, 0) is 6.54 Å². The van der Waals surface area contributed by atoms with E-state index in [0.29, 0.717) is 5.75 Å². The van der Waals surface area contributed by atoms with E-state index in [1.807, 2.05) is 12.1 Å². The van der Waals surface area contributed by atoms with Gasteiger partial charge in [0.1, 0.15) is 12.3 Å². The Kier molecular flexibility index (Phi) is 12.4. The van der Waals surface area contributed by atoms with Crippen LogP contribution in [0.3, 0.4) is 0 Å².